The Hall–Kier alpha value is -3.06. The quantitative estimate of drug-likeness (QED) is 0.560. The normalized spacial score (nSPS) is 10.7. The van der Waals surface area contributed by atoms with Gasteiger partial charge in [-0.25, -0.2) is 9.78 Å². The number of carbonyl (C=O) groups excluding carboxylic acids is 1. The SMILES string of the molecule is C=CCc1cc(-c2ccccc2)c2c(=O)n(C(=O)OCC)c(=S)[nH]c2n1. The first-order valence-electron chi connectivity index (χ1n) is 8.09. The highest BCUT2D eigenvalue weighted by Crippen LogP contribution is 2.26. The molecule has 0 unspecified atom stereocenters. The molecule has 0 saturated carbocycles. The first-order valence-corrected chi connectivity index (χ1v) is 8.50. The van der Waals surface area contributed by atoms with Crippen molar-refractivity contribution >= 4 is 29.3 Å². The van der Waals surface area contributed by atoms with Crippen molar-refractivity contribution < 1.29 is 9.53 Å². The molecule has 26 heavy (non-hydrogen) atoms. The van der Waals surface area contributed by atoms with Crippen molar-refractivity contribution in [3.63, 3.8) is 0 Å². The number of nitrogens with zero attached hydrogens (tertiary/aromatic N) is 2. The van der Waals surface area contributed by atoms with Gasteiger partial charge in [-0.1, -0.05) is 36.4 Å². The summed E-state index contributed by atoms with van der Waals surface area (Å²) < 4.78 is 5.72. The number of hydrogen-bond donors (Lipinski definition) is 1. The van der Waals surface area contributed by atoms with Crippen LogP contribution in [0.5, 0.6) is 0 Å². The number of aromatic amines is 1. The second-order valence-electron chi connectivity index (χ2n) is 5.51. The largest absolute Gasteiger partial charge is 0.449 e. The van der Waals surface area contributed by atoms with Crippen LogP contribution in [0.25, 0.3) is 22.2 Å². The minimum absolute atomic E-state index is 0.0526. The van der Waals surface area contributed by atoms with Crippen LogP contribution in [0.15, 0.2) is 53.8 Å². The van der Waals surface area contributed by atoms with E-state index in [1.165, 1.54) is 0 Å². The Labute approximate surface area is 154 Å². The highest BCUT2D eigenvalue weighted by atomic mass is 32.1. The summed E-state index contributed by atoms with van der Waals surface area (Å²) in [5.74, 6) is 0. The summed E-state index contributed by atoms with van der Waals surface area (Å²) in [7, 11) is 0. The van der Waals surface area contributed by atoms with E-state index < -0.39 is 11.7 Å². The number of fused-ring (bicyclic) bond motifs is 1. The van der Waals surface area contributed by atoms with Gasteiger partial charge in [-0.05, 0) is 30.8 Å². The van der Waals surface area contributed by atoms with Crippen molar-refractivity contribution in [3.05, 3.63) is 69.9 Å². The highest BCUT2D eigenvalue weighted by Gasteiger charge is 2.18. The van der Waals surface area contributed by atoms with Gasteiger partial charge in [-0.2, -0.15) is 4.57 Å². The van der Waals surface area contributed by atoms with E-state index in [4.69, 9.17) is 17.0 Å². The zero-order chi connectivity index (χ0) is 18.7. The smallest absolute Gasteiger partial charge is 0.423 e. The second-order valence-corrected chi connectivity index (χ2v) is 5.90. The van der Waals surface area contributed by atoms with Crippen LogP contribution >= 0.6 is 12.2 Å². The molecule has 0 atom stereocenters. The molecule has 0 fully saturated rings. The summed E-state index contributed by atoms with van der Waals surface area (Å²) in [4.78, 5) is 32.6. The highest BCUT2D eigenvalue weighted by molar-refractivity contribution is 7.71. The molecule has 0 aliphatic carbocycles. The predicted molar refractivity (Wildman–Crippen MR) is 103 cm³/mol. The molecule has 6 nitrogen and oxygen atoms in total. The van der Waals surface area contributed by atoms with E-state index in [9.17, 15) is 9.59 Å². The summed E-state index contributed by atoms with van der Waals surface area (Å²) >= 11 is 5.17. The van der Waals surface area contributed by atoms with E-state index in [-0.39, 0.29) is 16.8 Å². The van der Waals surface area contributed by atoms with Gasteiger partial charge in [0.1, 0.15) is 5.65 Å². The van der Waals surface area contributed by atoms with Gasteiger partial charge in [0, 0.05) is 17.7 Å². The molecule has 0 aliphatic rings. The summed E-state index contributed by atoms with van der Waals surface area (Å²) in [6.45, 7) is 5.53. The van der Waals surface area contributed by atoms with E-state index in [2.05, 4.69) is 16.5 Å². The van der Waals surface area contributed by atoms with Crippen LogP contribution in [-0.2, 0) is 11.2 Å². The lowest BCUT2D eigenvalue weighted by Gasteiger charge is -2.11. The number of allylic oxidation sites excluding steroid dienone is 1. The van der Waals surface area contributed by atoms with E-state index in [0.29, 0.717) is 17.6 Å². The van der Waals surface area contributed by atoms with Crippen molar-refractivity contribution in [1.29, 1.82) is 0 Å². The summed E-state index contributed by atoms with van der Waals surface area (Å²) in [6.07, 6.45) is 1.46. The number of pyridine rings is 1. The Morgan fingerprint density at radius 1 is 1.38 bits per heavy atom. The average Bonchev–Trinajstić information content (AvgIpc) is 2.62. The maximum absolute atomic E-state index is 13.0. The zero-order valence-electron chi connectivity index (χ0n) is 14.2. The summed E-state index contributed by atoms with van der Waals surface area (Å²) in [5, 5.41) is 0.283. The average molecular weight is 367 g/mol. The molecule has 0 saturated heterocycles. The molecule has 7 heteroatoms. The van der Waals surface area contributed by atoms with Crippen LogP contribution in [0.2, 0.25) is 0 Å². The lowest BCUT2D eigenvalue weighted by molar-refractivity contribution is 0.152. The first kappa shape index (κ1) is 17.8. The fourth-order valence-corrected chi connectivity index (χ4v) is 2.97. The summed E-state index contributed by atoms with van der Waals surface area (Å²) in [5.41, 5.74) is 2.02. The van der Waals surface area contributed by atoms with Crippen molar-refractivity contribution in [2.45, 2.75) is 13.3 Å². The van der Waals surface area contributed by atoms with Gasteiger partial charge in [-0.15, -0.1) is 6.58 Å². The molecule has 1 aromatic carbocycles. The third-order valence-corrected chi connectivity index (χ3v) is 4.09. The van der Waals surface area contributed by atoms with Crippen LogP contribution in [0.4, 0.5) is 4.79 Å². The van der Waals surface area contributed by atoms with Crippen LogP contribution in [-0.4, -0.2) is 27.2 Å². The molecular formula is C19H17N3O3S. The third kappa shape index (κ3) is 3.21. The third-order valence-electron chi connectivity index (χ3n) is 3.81. The minimum Gasteiger partial charge on any atom is -0.449 e. The van der Waals surface area contributed by atoms with Crippen molar-refractivity contribution in [2.24, 2.45) is 0 Å². The fraction of sp³-hybridized carbons (Fsp3) is 0.158. The number of H-pyrrole nitrogens is 1. The molecule has 0 radical (unpaired) electrons. The number of rotatable bonds is 4. The van der Waals surface area contributed by atoms with Gasteiger partial charge in [0.2, 0.25) is 0 Å². The van der Waals surface area contributed by atoms with Crippen molar-refractivity contribution in [2.75, 3.05) is 6.61 Å². The molecule has 2 aromatic heterocycles. The standard InChI is InChI=1S/C19H17N3O3S/c1-3-8-13-11-14(12-9-6-5-7-10-12)15-16(20-13)21-18(26)22(17(15)23)19(24)25-4-2/h3,5-7,9-11H,1,4,8H2,2H3,(H,20,21,26). The number of hydrogen-bond acceptors (Lipinski definition) is 5. The van der Waals surface area contributed by atoms with Gasteiger partial charge in [0.05, 0.1) is 12.0 Å². The van der Waals surface area contributed by atoms with Gasteiger partial charge in [0.15, 0.2) is 4.77 Å². The Kier molecular flexibility index (Phi) is 5.09. The van der Waals surface area contributed by atoms with Crippen LogP contribution in [0.1, 0.15) is 12.6 Å². The number of nitrogens with one attached hydrogen (secondary N) is 1. The molecule has 132 valence electrons. The Bertz CT molecular complexity index is 1100. The Balaban J connectivity index is 2.41. The van der Waals surface area contributed by atoms with E-state index >= 15 is 0 Å². The number of carbonyl (C=O) groups is 1. The first-order chi connectivity index (χ1) is 12.6. The summed E-state index contributed by atoms with van der Waals surface area (Å²) in [6, 6.07) is 11.3. The lowest BCUT2D eigenvalue weighted by atomic mass is 10.0. The van der Waals surface area contributed by atoms with Crippen molar-refractivity contribution in [3.8, 4) is 11.1 Å². The van der Waals surface area contributed by atoms with E-state index in [1.807, 2.05) is 36.4 Å². The molecule has 2 heterocycles. The van der Waals surface area contributed by atoms with Crippen molar-refractivity contribution in [1.82, 2.24) is 14.5 Å². The Morgan fingerprint density at radius 3 is 2.77 bits per heavy atom. The predicted octanol–water partition coefficient (Wildman–Crippen LogP) is 3.85. The topological polar surface area (TPSA) is 77.0 Å². The molecule has 0 bridgehead atoms. The fourth-order valence-electron chi connectivity index (χ4n) is 2.72. The molecule has 0 aliphatic heterocycles. The molecule has 3 rings (SSSR count). The second kappa shape index (κ2) is 7.45. The molecule has 0 spiro atoms. The minimum atomic E-state index is -0.810. The zero-order valence-corrected chi connectivity index (χ0v) is 15.0. The van der Waals surface area contributed by atoms with Crippen LogP contribution in [0.3, 0.4) is 0 Å². The number of benzene rings is 1. The van der Waals surface area contributed by atoms with Crippen LogP contribution < -0.4 is 5.56 Å². The maximum atomic E-state index is 13.0. The molecule has 1 N–H and O–H groups in total. The van der Waals surface area contributed by atoms with Gasteiger partial charge < -0.3 is 9.72 Å². The van der Waals surface area contributed by atoms with E-state index in [1.54, 1.807) is 13.0 Å². The maximum Gasteiger partial charge on any atom is 0.423 e. The monoisotopic (exact) mass is 367 g/mol. The Morgan fingerprint density at radius 2 is 2.12 bits per heavy atom. The number of ether oxygens (including phenoxy) is 1. The lowest BCUT2D eigenvalue weighted by Crippen LogP contribution is -2.30. The molecule has 0 amide bonds. The molecule has 3 aromatic rings. The molecular weight excluding hydrogens is 350 g/mol. The van der Waals surface area contributed by atoms with Gasteiger partial charge >= 0.3 is 6.09 Å². The van der Waals surface area contributed by atoms with Gasteiger partial charge in [0.25, 0.3) is 5.56 Å². The van der Waals surface area contributed by atoms with Crippen LogP contribution in [0, 0.1) is 4.77 Å². The number of aromatic nitrogens is 3. The van der Waals surface area contributed by atoms with Gasteiger partial charge in [-0.3, -0.25) is 4.79 Å². The van der Waals surface area contributed by atoms with E-state index in [0.717, 1.165) is 15.8 Å².